The van der Waals surface area contributed by atoms with E-state index in [2.05, 4.69) is 14.6 Å². The molecule has 1 aliphatic rings. The van der Waals surface area contributed by atoms with Crippen LogP contribution in [0.5, 0.6) is 5.75 Å². The van der Waals surface area contributed by atoms with Gasteiger partial charge in [-0.25, -0.2) is 9.10 Å². The SMILES string of the molecule is O=C(O)c1ccccc1Nc1c(SN2CCOCC2)cnc2ccc(O)cc12. The molecule has 0 spiro atoms. The summed E-state index contributed by atoms with van der Waals surface area (Å²) in [6.45, 7) is 2.90. The van der Waals surface area contributed by atoms with Gasteiger partial charge >= 0.3 is 5.97 Å². The van der Waals surface area contributed by atoms with Crippen molar-refractivity contribution in [3.8, 4) is 5.75 Å². The van der Waals surface area contributed by atoms with E-state index in [0.29, 0.717) is 30.1 Å². The van der Waals surface area contributed by atoms with E-state index in [0.717, 1.165) is 23.4 Å². The fourth-order valence-electron chi connectivity index (χ4n) is 3.05. The number of anilines is 2. The molecular formula is C20H19N3O4S. The molecule has 0 unspecified atom stereocenters. The first kappa shape index (κ1) is 18.5. The normalized spacial score (nSPS) is 14.9. The van der Waals surface area contributed by atoms with Gasteiger partial charge in [0, 0.05) is 24.7 Å². The van der Waals surface area contributed by atoms with Crippen LogP contribution in [-0.4, -0.2) is 51.8 Å². The lowest BCUT2D eigenvalue weighted by Crippen LogP contribution is -2.31. The number of hydrogen-bond acceptors (Lipinski definition) is 7. The predicted octanol–water partition coefficient (Wildman–Crippen LogP) is 3.72. The molecule has 0 saturated carbocycles. The molecule has 0 amide bonds. The third-order valence-electron chi connectivity index (χ3n) is 4.43. The Hall–Kier alpha value is -2.81. The van der Waals surface area contributed by atoms with E-state index in [-0.39, 0.29) is 11.3 Å². The molecule has 0 atom stereocenters. The van der Waals surface area contributed by atoms with E-state index < -0.39 is 5.97 Å². The Kier molecular flexibility index (Phi) is 5.34. The smallest absolute Gasteiger partial charge is 0.337 e. The van der Waals surface area contributed by atoms with Gasteiger partial charge < -0.3 is 20.3 Å². The number of carboxylic acid groups (broad SMARTS) is 1. The van der Waals surface area contributed by atoms with Crippen molar-refractivity contribution in [1.29, 1.82) is 0 Å². The van der Waals surface area contributed by atoms with Crippen molar-refractivity contribution in [2.75, 3.05) is 31.6 Å². The Bertz CT molecular complexity index is 1020. The summed E-state index contributed by atoms with van der Waals surface area (Å²) in [6, 6.07) is 11.7. The summed E-state index contributed by atoms with van der Waals surface area (Å²) >= 11 is 1.54. The van der Waals surface area contributed by atoms with E-state index in [1.54, 1.807) is 60.6 Å². The van der Waals surface area contributed by atoms with E-state index in [1.807, 2.05) is 0 Å². The van der Waals surface area contributed by atoms with Crippen LogP contribution in [0, 0.1) is 0 Å². The number of nitrogens with one attached hydrogen (secondary N) is 1. The number of benzene rings is 2. The first-order valence-corrected chi connectivity index (χ1v) is 9.61. The topological polar surface area (TPSA) is 94.9 Å². The number of nitrogens with zero attached hydrogens (tertiary/aromatic N) is 2. The van der Waals surface area contributed by atoms with Crippen LogP contribution in [0.1, 0.15) is 10.4 Å². The highest BCUT2D eigenvalue weighted by Crippen LogP contribution is 2.38. The van der Waals surface area contributed by atoms with Crippen molar-refractivity contribution >= 4 is 40.2 Å². The summed E-state index contributed by atoms with van der Waals surface area (Å²) in [5.41, 5.74) is 2.08. The number of aromatic nitrogens is 1. The number of ether oxygens (including phenoxy) is 1. The van der Waals surface area contributed by atoms with Crippen LogP contribution in [0.15, 0.2) is 53.6 Å². The van der Waals surface area contributed by atoms with Gasteiger partial charge in [-0.3, -0.25) is 4.98 Å². The highest BCUT2D eigenvalue weighted by molar-refractivity contribution is 7.97. The molecule has 8 heteroatoms. The summed E-state index contributed by atoms with van der Waals surface area (Å²) < 4.78 is 7.59. The maximum atomic E-state index is 11.6. The molecule has 0 radical (unpaired) electrons. The first-order valence-electron chi connectivity index (χ1n) is 8.83. The zero-order valence-corrected chi connectivity index (χ0v) is 15.8. The number of pyridine rings is 1. The zero-order chi connectivity index (χ0) is 19.5. The van der Waals surface area contributed by atoms with Crippen LogP contribution in [0.25, 0.3) is 10.9 Å². The first-order chi connectivity index (χ1) is 13.6. The lowest BCUT2D eigenvalue weighted by atomic mass is 10.1. The summed E-state index contributed by atoms with van der Waals surface area (Å²) in [4.78, 5) is 17.0. The van der Waals surface area contributed by atoms with Crippen LogP contribution < -0.4 is 5.32 Å². The zero-order valence-electron chi connectivity index (χ0n) is 15.0. The van der Waals surface area contributed by atoms with Crippen molar-refractivity contribution in [3.63, 3.8) is 0 Å². The molecule has 144 valence electrons. The molecule has 28 heavy (non-hydrogen) atoms. The van der Waals surface area contributed by atoms with Crippen molar-refractivity contribution in [2.24, 2.45) is 0 Å². The van der Waals surface area contributed by atoms with Crippen LogP contribution in [-0.2, 0) is 4.74 Å². The Morgan fingerprint density at radius 1 is 1.18 bits per heavy atom. The second-order valence-corrected chi connectivity index (χ2v) is 7.45. The number of aromatic hydroxyl groups is 1. The Labute approximate surface area is 166 Å². The number of carbonyl (C=O) groups is 1. The molecule has 2 heterocycles. The summed E-state index contributed by atoms with van der Waals surface area (Å²) in [6.07, 6.45) is 1.77. The number of para-hydroxylation sites is 1. The fourth-order valence-corrected chi connectivity index (χ4v) is 4.01. The Morgan fingerprint density at radius 3 is 2.75 bits per heavy atom. The van der Waals surface area contributed by atoms with Gasteiger partial charge in [-0.2, -0.15) is 0 Å². The minimum atomic E-state index is -1.01. The molecule has 0 aliphatic carbocycles. The van der Waals surface area contributed by atoms with E-state index >= 15 is 0 Å². The molecule has 1 saturated heterocycles. The molecule has 1 aromatic heterocycles. The van der Waals surface area contributed by atoms with Gasteiger partial charge in [0.1, 0.15) is 5.75 Å². The van der Waals surface area contributed by atoms with Crippen molar-refractivity contribution < 1.29 is 19.7 Å². The molecule has 7 nitrogen and oxygen atoms in total. The summed E-state index contributed by atoms with van der Waals surface area (Å²) in [7, 11) is 0. The maximum absolute atomic E-state index is 11.6. The number of fused-ring (bicyclic) bond motifs is 1. The minimum absolute atomic E-state index is 0.123. The van der Waals surface area contributed by atoms with Gasteiger partial charge in [-0.15, -0.1) is 0 Å². The van der Waals surface area contributed by atoms with Gasteiger partial charge in [0.05, 0.1) is 40.6 Å². The number of carboxylic acids is 1. The van der Waals surface area contributed by atoms with Gasteiger partial charge in [-0.05, 0) is 42.3 Å². The van der Waals surface area contributed by atoms with Crippen LogP contribution >= 0.6 is 11.9 Å². The van der Waals surface area contributed by atoms with Crippen molar-refractivity contribution in [3.05, 3.63) is 54.2 Å². The quantitative estimate of drug-likeness (QED) is 0.561. The third kappa shape index (κ3) is 3.89. The molecular weight excluding hydrogens is 378 g/mol. The Morgan fingerprint density at radius 2 is 1.96 bits per heavy atom. The van der Waals surface area contributed by atoms with E-state index in [9.17, 15) is 15.0 Å². The van der Waals surface area contributed by atoms with E-state index in [1.165, 1.54) is 0 Å². The molecule has 4 rings (SSSR count). The summed E-state index contributed by atoms with van der Waals surface area (Å²) in [5.74, 6) is -0.885. The highest BCUT2D eigenvalue weighted by atomic mass is 32.2. The largest absolute Gasteiger partial charge is 0.508 e. The second kappa shape index (κ2) is 8.05. The molecule has 0 bridgehead atoms. The molecule has 1 fully saturated rings. The lowest BCUT2D eigenvalue weighted by molar-refractivity contribution is 0.0698. The van der Waals surface area contributed by atoms with Gasteiger partial charge in [0.15, 0.2) is 0 Å². The third-order valence-corrected chi connectivity index (χ3v) is 5.56. The number of phenols is 1. The number of phenolic OH excluding ortho intramolecular Hbond substituents is 1. The summed E-state index contributed by atoms with van der Waals surface area (Å²) in [5, 5.41) is 23.5. The minimum Gasteiger partial charge on any atom is -0.508 e. The highest BCUT2D eigenvalue weighted by Gasteiger charge is 2.18. The molecule has 1 aliphatic heterocycles. The van der Waals surface area contributed by atoms with Crippen LogP contribution in [0.3, 0.4) is 0 Å². The monoisotopic (exact) mass is 397 g/mol. The van der Waals surface area contributed by atoms with Crippen molar-refractivity contribution in [2.45, 2.75) is 4.90 Å². The Balaban J connectivity index is 1.80. The molecule has 3 N–H and O–H groups in total. The maximum Gasteiger partial charge on any atom is 0.337 e. The van der Waals surface area contributed by atoms with Crippen LogP contribution in [0.4, 0.5) is 11.4 Å². The van der Waals surface area contributed by atoms with Crippen LogP contribution in [0.2, 0.25) is 0 Å². The average molecular weight is 397 g/mol. The predicted molar refractivity (Wildman–Crippen MR) is 108 cm³/mol. The molecule has 3 aromatic rings. The number of morpholine rings is 1. The van der Waals surface area contributed by atoms with Gasteiger partial charge in [-0.1, -0.05) is 12.1 Å². The van der Waals surface area contributed by atoms with E-state index in [4.69, 9.17) is 4.74 Å². The van der Waals surface area contributed by atoms with Crippen molar-refractivity contribution in [1.82, 2.24) is 9.29 Å². The van der Waals surface area contributed by atoms with Gasteiger partial charge in [0.2, 0.25) is 0 Å². The lowest BCUT2D eigenvalue weighted by Gasteiger charge is -2.26. The number of hydrogen-bond donors (Lipinski definition) is 3. The average Bonchev–Trinajstić information content (AvgIpc) is 2.71. The standard InChI is InChI=1S/C20H19N3O4S/c24-13-5-6-16-15(11-13)19(22-17-4-2-1-3-14(17)20(25)26)18(12-21-16)28-23-7-9-27-10-8-23/h1-6,11-12,24H,7-10H2,(H,21,22)(H,25,26). The fraction of sp³-hybridized carbons (Fsp3) is 0.200. The molecule has 2 aromatic carbocycles. The number of rotatable bonds is 5. The van der Waals surface area contributed by atoms with Gasteiger partial charge in [0.25, 0.3) is 0 Å². The number of aromatic carboxylic acids is 1. The second-order valence-electron chi connectivity index (χ2n) is 6.31.